The summed E-state index contributed by atoms with van der Waals surface area (Å²) in [5, 5.41) is 3.60. The first-order valence-corrected chi connectivity index (χ1v) is 7.17. The van der Waals surface area contributed by atoms with Crippen molar-refractivity contribution in [2.24, 2.45) is 16.7 Å². The lowest BCUT2D eigenvalue weighted by atomic mass is 9.69. The molecule has 104 valence electrons. The average molecular weight is 252 g/mol. The minimum atomic E-state index is -0.0722. The zero-order valence-electron chi connectivity index (χ0n) is 12.7. The highest BCUT2D eigenvalue weighted by Crippen LogP contribution is 2.65. The number of amides is 1. The first-order valence-electron chi connectivity index (χ1n) is 7.17. The number of rotatable bonds is 3. The summed E-state index contributed by atoms with van der Waals surface area (Å²) in [6.07, 6.45) is 3.89. The fourth-order valence-electron chi connectivity index (χ4n) is 4.22. The highest BCUT2D eigenvalue weighted by molar-refractivity contribution is 5.80. The van der Waals surface area contributed by atoms with E-state index in [4.69, 9.17) is 0 Å². The van der Waals surface area contributed by atoms with E-state index in [1.54, 1.807) is 4.90 Å². The maximum Gasteiger partial charge on any atom is 0.238 e. The van der Waals surface area contributed by atoms with Crippen molar-refractivity contribution in [3.05, 3.63) is 0 Å². The Morgan fingerprint density at radius 1 is 1.33 bits per heavy atom. The highest BCUT2D eigenvalue weighted by Gasteiger charge is 2.61. The van der Waals surface area contributed by atoms with E-state index >= 15 is 0 Å². The van der Waals surface area contributed by atoms with E-state index in [9.17, 15) is 4.79 Å². The molecule has 18 heavy (non-hydrogen) atoms. The quantitative estimate of drug-likeness (QED) is 0.835. The number of hydrogen-bond acceptors (Lipinski definition) is 2. The first kappa shape index (κ1) is 13.9. The lowest BCUT2D eigenvalue weighted by Gasteiger charge is -2.40. The standard InChI is InChI=1S/C15H28N2O/c1-10(13(18)17(5)6)16-12-9-11-7-8-15(12,4)14(11,2)3/h10-12,16H,7-9H2,1-6H3. The molecule has 0 aromatic heterocycles. The molecule has 0 heterocycles. The van der Waals surface area contributed by atoms with Gasteiger partial charge < -0.3 is 10.2 Å². The molecule has 0 aliphatic heterocycles. The lowest BCUT2D eigenvalue weighted by Crippen LogP contribution is -2.52. The number of nitrogens with zero attached hydrogens (tertiary/aromatic N) is 1. The van der Waals surface area contributed by atoms with Gasteiger partial charge in [0.25, 0.3) is 0 Å². The van der Waals surface area contributed by atoms with Crippen LogP contribution in [0.4, 0.5) is 0 Å². The highest BCUT2D eigenvalue weighted by atomic mass is 16.2. The molecule has 3 heteroatoms. The van der Waals surface area contributed by atoms with Gasteiger partial charge in [-0.3, -0.25) is 4.79 Å². The summed E-state index contributed by atoms with van der Waals surface area (Å²) >= 11 is 0. The van der Waals surface area contributed by atoms with Gasteiger partial charge in [0.2, 0.25) is 5.91 Å². The van der Waals surface area contributed by atoms with Crippen molar-refractivity contribution < 1.29 is 4.79 Å². The predicted octanol–water partition coefficient (Wildman–Crippen LogP) is 2.27. The molecule has 2 aliphatic carbocycles. The van der Waals surface area contributed by atoms with E-state index in [0.717, 1.165) is 5.92 Å². The molecule has 2 saturated carbocycles. The van der Waals surface area contributed by atoms with Gasteiger partial charge in [-0.15, -0.1) is 0 Å². The Kier molecular flexibility index (Phi) is 3.25. The minimum Gasteiger partial charge on any atom is -0.347 e. The normalized spacial score (nSPS) is 38.8. The van der Waals surface area contributed by atoms with Crippen molar-refractivity contribution in [2.75, 3.05) is 14.1 Å². The molecular weight excluding hydrogens is 224 g/mol. The summed E-state index contributed by atoms with van der Waals surface area (Å²) in [5.41, 5.74) is 0.754. The van der Waals surface area contributed by atoms with Crippen LogP contribution in [0.3, 0.4) is 0 Å². The van der Waals surface area contributed by atoms with Crippen LogP contribution in [0, 0.1) is 16.7 Å². The third-order valence-corrected chi connectivity index (χ3v) is 6.06. The monoisotopic (exact) mass is 252 g/mol. The van der Waals surface area contributed by atoms with E-state index in [1.165, 1.54) is 19.3 Å². The summed E-state index contributed by atoms with van der Waals surface area (Å²) in [6, 6.07) is 0.419. The molecular formula is C15H28N2O. The second-order valence-corrected chi connectivity index (χ2v) is 7.28. The average Bonchev–Trinajstić information content (AvgIpc) is 2.60. The minimum absolute atomic E-state index is 0.0722. The molecule has 4 unspecified atom stereocenters. The maximum absolute atomic E-state index is 12.0. The molecule has 0 aromatic rings. The second-order valence-electron chi connectivity index (χ2n) is 7.28. The van der Waals surface area contributed by atoms with Gasteiger partial charge in [0.15, 0.2) is 0 Å². The van der Waals surface area contributed by atoms with Gasteiger partial charge in [0, 0.05) is 20.1 Å². The van der Waals surface area contributed by atoms with E-state index in [-0.39, 0.29) is 11.9 Å². The van der Waals surface area contributed by atoms with Gasteiger partial charge in [-0.1, -0.05) is 20.8 Å². The molecule has 0 aromatic carbocycles. The van der Waals surface area contributed by atoms with E-state index < -0.39 is 0 Å². The van der Waals surface area contributed by atoms with Crippen LogP contribution in [-0.4, -0.2) is 37.0 Å². The molecule has 0 saturated heterocycles. The Morgan fingerprint density at radius 2 is 1.94 bits per heavy atom. The third-order valence-electron chi connectivity index (χ3n) is 6.06. The molecule has 2 rings (SSSR count). The molecule has 0 spiro atoms. The number of likely N-dealkylation sites (N-methyl/N-ethyl adjacent to an activating group) is 1. The van der Waals surface area contributed by atoms with E-state index in [0.29, 0.717) is 16.9 Å². The first-order chi connectivity index (χ1) is 8.20. The van der Waals surface area contributed by atoms with Crippen LogP contribution >= 0.6 is 0 Å². The Labute approximate surface area is 111 Å². The van der Waals surface area contributed by atoms with Crippen LogP contribution < -0.4 is 5.32 Å². The van der Waals surface area contributed by atoms with Crippen LogP contribution in [0.2, 0.25) is 0 Å². The van der Waals surface area contributed by atoms with Gasteiger partial charge in [0.1, 0.15) is 0 Å². The fraction of sp³-hybridized carbons (Fsp3) is 0.933. The van der Waals surface area contributed by atoms with Crippen LogP contribution in [-0.2, 0) is 4.79 Å². The Morgan fingerprint density at radius 3 is 2.33 bits per heavy atom. The zero-order valence-corrected chi connectivity index (χ0v) is 12.7. The van der Waals surface area contributed by atoms with Gasteiger partial charge in [-0.2, -0.15) is 0 Å². The molecule has 2 bridgehead atoms. The number of nitrogens with one attached hydrogen (secondary N) is 1. The summed E-state index contributed by atoms with van der Waals surface area (Å²) in [4.78, 5) is 13.6. The van der Waals surface area contributed by atoms with Crippen molar-refractivity contribution in [1.82, 2.24) is 10.2 Å². The number of fused-ring (bicyclic) bond motifs is 2. The molecule has 0 radical (unpaired) electrons. The van der Waals surface area contributed by atoms with Crippen LogP contribution in [0.15, 0.2) is 0 Å². The zero-order chi connectivity index (χ0) is 13.7. The van der Waals surface area contributed by atoms with E-state index in [1.807, 2.05) is 21.0 Å². The predicted molar refractivity (Wildman–Crippen MR) is 74.3 cm³/mol. The molecule has 3 nitrogen and oxygen atoms in total. The van der Waals surface area contributed by atoms with Gasteiger partial charge in [-0.25, -0.2) is 0 Å². The smallest absolute Gasteiger partial charge is 0.238 e. The van der Waals surface area contributed by atoms with Crippen molar-refractivity contribution in [1.29, 1.82) is 0 Å². The van der Waals surface area contributed by atoms with Crippen molar-refractivity contribution in [3.63, 3.8) is 0 Å². The topological polar surface area (TPSA) is 32.3 Å². The molecule has 2 fully saturated rings. The number of carbonyl (C=O) groups excluding carboxylic acids is 1. The molecule has 1 amide bonds. The Bertz CT molecular complexity index is 350. The lowest BCUT2D eigenvalue weighted by molar-refractivity contribution is -0.131. The molecule has 1 N–H and O–H groups in total. The third kappa shape index (κ3) is 1.78. The van der Waals surface area contributed by atoms with Gasteiger partial charge in [-0.05, 0) is 42.9 Å². The molecule has 2 aliphatic rings. The summed E-state index contributed by atoms with van der Waals surface area (Å²) in [7, 11) is 3.65. The summed E-state index contributed by atoms with van der Waals surface area (Å²) < 4.78 is 0. The van der Waals surface area contributed by atoms with Crippen LogP contribution in [0.25, 0.3) is 0 Å². The van der Waals surface area contributed by atoms with Gasteiger partial charge >= 0.3 is 0 Å². The molecule has 4 atom stereocenters. The SMILES string of the molecule is CC(NC1CC2CCC1(C)C2(C)C)C(=O)N(C)C. The fourth-order valence-corrected chi connectivity index (χ4v) is 4.22. The van der Waals surface area contributed by atoms with Crippen molar-refractivity contribution >= 4 is 5.91 Å². The van der Waals surface area contributed by atoms with E-state index in [2.05, 4.69) is 26.1 Å². The Hall–Kier alpha value is -0.570. The maximum atomic E-state index is 12.0. The largest absolute Gasteiger partial charge is 0.347 e. The van der Waals surface area contributed by atoms with Crippen LogP contribution in [0.5, 0.6) is 0 Å². The summed E-state index contributed by atoms with van der Waals surface area (Å²) in [5.74, 6) is 1.00. The number of carbonyl (C=O) groups is 1. The van der Waals surface area contributed by atoms with Crippen LogP contribution in [0.1, 0.15) is 47.0 Å². The van der Waals surface area contributed by atoms with Crippen molar-refractivity contribution in [3.8, 4) is 0 Å². The van der Waals surface area contributed by atoms with Gasteiger partial charge in [0.05, 0.1) is 6.04 Å². The number of hydrogen-bond donors (Lipinski definition) is 1. The summed E-state index contributed by atoms with van der Waals surface area (Å²) in [6.45, 7) is 9.21. The Balaban J connectivity index is 2.07. The van der Waals surface area contributed by atoms with Crippen molar-refractivity contribution in [2.45, 2.75) is 59.0 Å². The second kappa shape index (κ2) is 4.22.